The highest BCUT2D eigenvalue weighted by molar-refractivity contribution is 14.1. The number of aryl methyl sites for hydroxylation is 1. The Balaban J connectivity index is 1.91. The first-order chi connectivity index (χ1) is 19.1. The molecule has 11 heteroatoms. The summed E-state index contributed by atoms with van der Waals surface area (Å²) in [4.78, 5) is 30.6. The van der Waals surface area contributed by atoms with Crippen LogP contribution in [0.2, 0.25) is 5.02 Å². The van der Waals surface area contributed by atoms with Crippen molar-refractivity contribution in [2.24, 2.45) is 16.6 Å². The van der Waals surface area contributed by atoms with Gasteiger partial charge in [-0.3, -0.25) is 9.59 Å². The van der Waals surface area contributed by atoms with Crippen molar-refractivity contribution in [2.45, 2.75) is 50.9 Å². The number of nitrogens with two attached hydrogens (primary N) is 1. The number of nitrogens with zero attached hydrogens (tertiary/aromatic N) is 1. The highest BCUT2D eigenvalue weighted by Gasteiger charge is 2.57. The van der Waals surface area contributed by atoms with Gasteiger partial charge in [0, 0.05) is 20.3 Å². The summed E-state index contributed by atoms with van der Waals surface area (Å²) < 4.78 is 45.6. The van der Waals surface area contributed by atoms with E-state index in [1.807, 2.05) is 22.6 Å². The lowest BCUT2D eigenvalue weighted by Crippen LogP contribution is -2.53. The third-order valence-electron chi connectivity index (χ3n) is 7.16. The van der Waals surface area contributed by atoms with Crippen LogP contribution in [0.4, 0.5) is 13.2 Å². The van der Waals surface area contributed by atoms with E-state index >= 15 is 0 Å². The van der Waals surface area contributed by atoms with E-state index in [4.69, 9.17) is 17.3 Å². The third kappa shape index (κ3) is 5.55. The second kappa shape index (κ2) is 11.3. The number of hydrogen-bond acceptors (Lipinski definition) is 4. The molecule has 216 valence electrons. The number of benzene rings is 2. The predicted octanol–water partition coefficient (Wildman–Crippen LogP) is 6.22. The SMILES string of the molecule is CC1=NC(c2ccc(C3(C(N)=O)C=CC=C(I)C3C(=O)NC(C)C)c(C)c2)(C(F)(F)F)C=C(c2ccc(Cl)cc2)N1. The molecule has 2 amide bonds. The van der Waals surface area contributed by atoms with Crippen LogP contribution in [-0.4, -0.2) is 29.9 Å². The molecule has 0 aromatic heterocycles. The van der Waals surface area contributed by atoms with E-state index in [0.29, 0.717) is 25.3 Å². The molecule has 41 heavy (non-hydrogen) atoms. The summed E-state index contributed by atoms with van der Waals surface area (Å²) in [6, 6.07) is 10.3. The van der Waals surface area contributed by atoms with Gasteiger partial charge in [-0.25, -0.2) is 4.99 Å². The summed E-state index contributed by atoms with van der Waals surface area (Å²) in [5.74, 6) is -2.12. The van der Waals surface area contributed by atoms with Gasteiger partial charge in [-0.1, -0.05) is 60.2 Å². The molecule has 3 unspecified atom stereocenters. The van der Waals surface area contributed by atoms with Gasteiger partial charge in [0.2, 0.25) is 17.4 Å². The maximum atomic E-state index is 15.0. The molecule has 0 saturated heterocycles. The highest BCUT2D eigenvalue weighted by Crippen LogP contribution is 2.49. The van der Waals surface area contributed by atoms with Gasteiger partial charge in [-0.2, -0.15) is 13.2 Å². The number of hydrogen-bond donors (Lipinski definition) is 3. The van der Waals surface area contributed by atoms with Gasteiger partial charge >= 0.3 is 6.18 Å². The molecule has 1 heterocycles. The number of amides is 2. The zero-order valence-electron chi connectivity index (χ0n) is 22.7. The molecule has 4 rings (SSSR count). The Labute approximate surface area is 255 Å². The Morgan fingerprint density at radius 3 is 2.37 bits per heavy atom. The molecule has 2 aliphatic rings. The van der Waals surface area contributed by atoms with Crippen LogP contribution in [0, 0.1) is 12.8 Å². The van der Waals surface area contributed by atoms with Crippen LogP contribution >= 0.6 is 34.2 Å². The van der Waals surface area contributed by atoms with Crippen molar-refractivity contribution in [3.63, 3.8) is 0 Å². The summed E-state index contributed by atoms with van der Waals surface area (Å²) in [6.07, 6.45) is 1.13. The average Bonchev–Trinajstić information content (AvgIpc) is 2.87. The molecule has 0 radical (unpaired) electrons. The monoisotopic (exact) mass is 696 g/mol. The minimum atomic E-state index is -4.81. The largest absolute Gasteiger partial charge is 0.421 e. The normalized spacial score (nSPS) is 24.2. The predicted molar refractivity (Wildman–Crippen MR) is 163 cm³/mol. The first kappa shape index (κ1) is 30.8. The van der Waals surface area contributed by atoms with Gasteiger partial charge in [0.1, 0.15) is 5.41 Å². The van der Waals surface area contributed by atoms with Crippen molar-refractivity contribution in [3.05, 3.63) is 97.6 Å². The van der Waals surface area contributed by atoms with Crippen molar-refractivity contribution < 1.29 is 22.8 Å². The molecule has 2 aromatic rings. The van der Waals surface area contributed by atoms with Crippen molar-refractivity contribution in [3.8, 4) is 0 Å². The number of primary amides is 1. The molecular weight excluding hydrogens is 668 g/mol. The number of rotatable bonds is 6. The minimum Gasteiger partial charge on any atom is -0.369 e. The van der Waals surface area contributed by atoms with Crippen LogP contribution < -0.4 is 16.4 Å². The first-order valence-electron chi connectivity index (χ1n) is 12.8. The average molecular weight is 697 g/mol. The van der Waals surface area contributed by atoms with Crippen molar-refractivity contribution in [2.75, 3.05) is 0 Å². The van der Waals surface area contributed by atoms with Crippen LogP contribution in [0.25, 0.3) is 5.70 Å². The lowest BCUT2D eigenvalue weighted by molar-refractivity contribution is -0.174. The maximum absolute atomic E-state index is 15.0. The van der Waals surface area contributed by atoms with Gasteiger partial charge in [-0.15, -0.1) is 0 Å². The van der Waals surface area contributed by atoms with Gasteiger partial charge in [0.25, 0.3) is 0 Å². The van der Waals surface area contributed by atoms with Crippen LogP contribution in [0.1, 0.15) is 43.0 Å². The number of allylic oxidation sites excluding steroid dienone is 2. The highest BCUT2D eigenvalue weighted by atomic mass is 127. The number of halogens is 5. The Hall–Kier alpha value is -3.12. The summed E-state index contributed by atoms with van der Waals surface area (Å²) in [5.41, 5.74) is 2.93. The molecule has 0 bridgehead atoms. The fraction of sp³-hybridized carbons (Fsp3) is 0.300. The van der Waals surface area contributed by atoms with Crippen LogP contribution in [0.5, 0.6) is 0 Å². The zero-order valence-corrected chi connectivity index (χ0v) is 25.6. The molecule has 0 fully saturated rings. The Kier molecular flexibility index (Phi) is 8.48. The zero-order chi connectivity index (χ0) is 30.3. The second-order valence-corrected chi connectivity index (χ2v) is 12.1. The van der Waals surface area contributed by atoms with E-state index in [9.17, 15) is 22.8 Å². The molecule has 2 aromatic carbocycles. The molecule has 6 nitrogen and oxygen atoms in total. The van der Waals surface area contributed by atoms with Gasteiger partial charge in [0.05, 0.1) is 11.8 Å². The first-order valence-corrected chi connectivity index (χ1v) is 14.2. The molecule has 3 atom stereocenters. The van der Waals surface area contributed by atoms with E-state index < -0.39 is 34.9 Å². The lowest BCUT2D eigenvalue weighted by atomic mass is 9.65. The number of nitrogens with one attached hydrogen (secondary N) is 2. The van der Waals surface area contributed by atoms with E-state index in [1.165, 1.54) is 25.1 Å². The Bertz CT molecular complexity index is 1510. The molecular formula is C30H29ClF3IN4O2. The summed E-state index contributed by atoms with van der Waals surface area (Å²) >= 11 is 7.98. The minimum absolute atomic E-state index is 0.0745. The molecule has 0 saturated carbocycles. The Morgan fingerprint density at radius 1 is 1.15 bits per heavy atom. The third-order valence-corrected chi connectivity index (χ3v) is 8.39. The molecule has 4 N–H and O–H groups in total. The smallest absolute Gasteiger partial charge is 0.369 e. The van der Waals surface area contributed by atoms with Crippen LogP contribution in [-0.2, 0) is 20.5 Å². The van der Waals surface area contributed by atoms with Gasteiger partial charge < -0.3 is 16.4 Å². The number of alkyl halides is 3. The maximum Gasteiger partial charge on any atom is 0.421 e. The molecule has 1 aliphatic carbocycles. The van der Waals surface area contributed by atoms with E-state index in [0.717, 1.165) is 6.08 Å². The second-order valence-electron chi connectivity index (χ2n) is 10.4. The van der Waals surface area contributed by atoms with Gasteiger partial charge in [-0.05, 0) is 90.7 Å². The molecule has 0 spiro atoms. The van der Waals surface area contributed by atoms with Crippen molar-refractivity contribution in [1.82, 2.24) is 10.6 Å². The number of carbonyl (C=O) groups is 2. The van der Waals surface area contributed by atoms with Crippen LogP contribution in [0.3, 0.4) is 0 Å². The topological polar surface area (TPSA) is 96.6 Å². The number of carbonyl (C=O) groups excluding carboxylic acids is 2. The fourth-order valence-corrected chi connectivity index (χ4v) is 6.48. The standard InChI is InChI=1S/C30H29ClF3IN4O2/c1-16(2)37-26(40)25-23(35)6-5-13-28(25,27(36)41)22-12-9-20(14-17(22)3)29(30(32,33)34)15-24(38-18(4)39-29)19-7-10-21(31)11-8-19/h5-16,25H,1-4H3,(H2,36,41)(H,37,40)(H,38,39). The summed E-state index contributed by atoms with van der Waals surface area (Å²) in [5, 5.41) is 6.23. The Morgan fingerprint density at radius 2 is 1.80 bits per heavy atom. The van der Waals surface area contributed by atoms with Crippen molar-refractivity contribution in [1.29, 1.82) is 0 Å². The van der Waals surface area contributed by atoms with Crippen LogP contribution in [0.15, 0.2) is 75.3 Å². The van der Waals surface area contributed by atoms with Gasteiger partial charge in [0.15, 0.2) is 0 Å². The molecule has 1 aliphatic heterocycles. The summed E-state index contributed by atoms with van der Waals surface area (Å²) in [7, 11) is 0. The van der Waals surface area contributed by atoms with E-state index in [1.54, 1.807) is 63.3 Å². The number of amidine groups is 1. The quantitative estimate of drug-likeness (QED) is 0.313. The van der Waals surface area contributed by atoms with E-state index in [-0.39, 0.29) is 23.1 Å². The van der Waals surface area contributed by atoms with Crippen molar-refractivity contribution >= 4 is 57.5 Å². The van der Waals surface area contributed by atoms with E-state index in [2.05, 4.69) is 15.6 Å². The lowest BCUT2D eigenvalue weighted by Gasteiger charge is -2.39. The number of aliphatic imine (C=N–C) groups is 1. The fourth-order valence-electron chi connectivity index (χ4n) is 5.38. The summed E-state index contributed by atoms with van der Waals surface area (Å²) in [6.45, 7) is 6.66.